The molecular formula is C18H37N3. The Labute approximate surface area is 132 Å². The number of likely N-dealkylation sites (N-methyl/N-ethyl adjacent to an activating group) is 1. The largest absolute Gasteiger partial charge is 0.312 e. The van der Waals surface area contributed by atoms with E-state index in [-0.39, 0.29) is 0 Å². The zero-order valence-electron chi connectivity index (χ0n) is 14.4. The van der Waals surface area contributed by atoms with Gasteiger partial charge in [-0.2, -0.15) is 0 Å². The van der Waals surface area contributed by atoms with Crippen LogP contribution in [0.1, 0.15) is 58.3 Å². The summed E-state index contributed by atoms with van der Waals surface area (Å²) < 4.78 is 0. The van der Waals surface area contributed by atoms with E-state index in [2.05, 4.69) is 29.1 Å². The van der Waals surface area contributed by atoms with Gasteiger partial charge in [0.2, 0.25) is 0 Å². The molecule has 1 saturated carbocycles. The summed E-state index contributed by atoms with van der Waals surface area (Å²) in [7, 11) is 2.32. The SMILES string of the molecule is CCCNC(CN(C)CCN1CCCC1)C1CCCCC1. The van der Waals surface area contributed by atoms with Crippen molar-refractivity contribution in [3.8, 4) is 0 Å². The van der Waals surface area contributed by atoms with Crippen LogP contribution < -0.4 is 5.32 Å². The van der Waals surface area contributed by atoms with Gasteiger partial charge < -0.3 is 15.1 Å². The minimum absolute atomic E-state index is 0.717. The van der Waals surface area contributed by atoms with Gasteiger partial charge in [0.1, 0.15) is 0 Å². The number of likely N-dealkylation sites (tertiary alicyclic amines) is 1. The lowest BCUT2D eigenvalue weighted by Crippen LogP contribution is -2.46. The Morgan fingerprint density at radius 1 is 1.10 bits per heavy atom. The molecule has 0 radical (unpaired) electrons. The van der Waals surface area contributed by atoms with Crippen molar-refractivity contribution in [2.45, 2.75) is 64.3 Å². The van der Waals surface area contributed by atoms with Crippen molar-refractivity contribution >= 4 is 0 Å². The maximum atomic E-state index is 3.84. The van der Waals surface area contributed by atoms with Gasteiger partial charge in [0.25, 0.3) is 0 Å². The Bertz CT molecular complexity index is 257. The Balaban J connectivity index is 1.72. The predicted molar refractivity (Wildman–Crippen MR) is 91.8 cm³/mol. The third kappa shape index (κ3) is 6.25. The molecule has 1 unspecified atom stereocenters. The number of rotatable bonds is 9. The van der Waals surface area contributed by atoms with Crippen LogP contribution in [0.5, 0.6) is 0 Å². The lowest BCUT2D eigenvalue weighted by molar-refractivity contribution is 0.190. The highest BCUT2D eigenvalue weighted by molar-refractivity contribution is 4.82. The van der Waals surface area contributed by atoms with Crippen LogP contribution in [-0.4, -0.2) is 62.2 Å². The molecule has 21 heavy (non-hydrogen) atoms. The first-order chi connectivity index (χ1) is 10.3. The average Bonchev–Trinajstić information content (AvgIpc) is 3.03. The molecule has 0 aromatic rings. The number of hydrogen-bond acceptors (Lipinski definition) is 3. The Morgan fingerprint density at radius 3 is 2.48 bits per heavy atom. The van der Waals surface area contributed by atoms with Gasteiger partial charge in [0.05, 0.1) is 0 Å². The number of nitrogens with zero attached hydrogens (tertiary/aromatic N) is 2. The third-order valence-electron chi connectivity index (χ3n) is 5.38. The van der Waals surface area contributed by atoms with Crippen LogP contribution in [0.15, 0.2) is 0 Å². The summed E-state index contributed by atoms with van der Waals surface area (Å²) in [6.07, 6.45) is 11.3. The second kappa shape index (κ2) is 9.81. The standard InChI is InChI=1S/C18H37N3/c1-3-11-19-18(17-9-5-4-6-10-17)16-20(2)14-15-21-12-7-8-13-21/h17-19H,3-16H2,1-2H3. The van der Waals surface area contributed by atoms with Crippen LogP contribution in [-0.2, 0) is 0 Å². The molecule has 1 atom stereocenters. The quantitative estimate of drug-likeness (QED) is 0.705. The molecule has 1 aliphatic carbocycles. The summed E-state index contributed by atoms with van der Waals surface area (Å²) in [5.41, 5.74) is 0. The lowest BCUT2D eigenvalue weighted by Gasteiger charge is -2.34. The molecule has 1 heterocycles. The lowest BCUT2D eigenvalue weighted by atomic mass is 9.83. The molecule has 1 aliphatic heterocycles. The van der Waals surface area contributed by atoms with E-state index in [9.17, 15) is 0 Å². The average molecular weight is 296 g/mol. The second-order valence-corrected chi connectivity index (χ2v) is 7.27. The molecule has 0 aromatic heterocycles. The normalized spacial score (nSPS) is 23.0. The van der Waals surface area contributed by atoms with E-state index >= 15 is 0 Å². The van der Waals surface area contributed by atoms with Crippen molar-refractivity contribution in [1.82, 2.24) is 15.1 Å². The zero-order chi connectivity index (χ0) is 14.9. The first-order valence-corrected chi connectivity index (χ1v) is 9.44. The molecule has 2 rings (SSSR count). The van der Waals surface area contributed by atoms with E-state index in [1.807, 2.05) is 0 Å². The van der Waals surface area contributed by atoms with Crippen LogP contribution in [0.4, 0.5) is 0 Å². The fourth-order valence-electron chi connectivity index (χ4n) is 3.99. The molecule has 3 heteroatoms. The van der Waals surface area contributed by atoms with Crippen molar-refractivity contribution in [2.75, 3.05) is 46.3 Å². The summed E-state index contributed by atoms with van der Waals surface area (Å²) in [4.78, 5) is 5.20. The zero-order valence-corrected chi connectivity index (χ0v) is 14.4. The maximum absolute atomic E-state index is 3.84. The maximum Gasteiger partial charge on any atom is 0.0223 e. The monoisotopic (exact) mass is 295 g/mol. The van der Waals surface area contributed by atoms with Gasteiger partial charge in [-0.3, -0.25) is 0 Å². The number of hydrogen-bond donors (Lipinski definition) is 1. The Kier molecular flexibility index (Phi) is 8.05. The molecule has 0 bridgehead atoms. The van der Waals surface area contributed by atoms with E-state index in [0.29, 0.717) is 6.04 Å². The van der Waals surface area contributed by atoms with Crippen molar-refractivity contribution < 1.29 is 0 Å². The minimum Gasteiger partial charge on any atom is -0.312 e. The Hall–Kier alpha value is -0.120. The summed E-state index contributed by atoms with van der Waals surface area (Å²) >= 11 is 0. The second-order valence-electron chi connectivity index (χ2n) is 7.27. The van der Waals surface area contributed by atoms with Crippen molar-refractivity contribution in [2.24, 2.45) is 5.92 Å². The molecule has 1 N–H and O–H groups in total. The molecule has 1 saturated heterocycles. The molecule has 0 aromatic carbocycles. The summed E-state index contributed by atoms with van der Waals surface area (Å²) in [5, 5.41) is 3.84. The molecular weight excluding hydrogens is 258 g/mol. The molecule has 124 valence electrons. The molecule has 2 fully saturated rings. The van der Waals surface area contributed by atoms with E-state index < -0.39 is 0 Å². The third-order valence-corrected chi connectivity index (χ3v) is 5.38. The topological polar surface area (TPSA) is 18.5 Å². The highest BCUT2D eigenvalue weighted by Gasteiger charge is 2.24. The van der Waals surface area contributed by atoms with Gasteiger partial charge in [-0.25, -0.2) is 0 Å². The van der Waals surface area contributed by atoms with Gasteiger partial charge >= 0.3 is 0 Å². The summed E-state index contributed by atoms with van der Waals surface area (Å²) in [5.74, 6) is 0.916. The Morgan fingerprint density at radius 2 is 1.81 bits per heavy atom. The first kappa shape index (κ1) is 17.2. The predicted octanol–water partition coefficient (Wildman–Crippen LogP) is 2.96. The van der Waals surface area contributed by atoms with E-state index in [1.165, 1.54) is 90.6 Å². The van der Waals surface area contributed by atoms with Gasteiger partial charge in [-0.15, -0.1) is 0 Å². The van der Waals surface area contributed by atoms with E-state index in [1.54, 1.807) is 0 Å². The van der Waals surface area contributed by atoms with Crippen molar-refractivity contribution in [3.63, 3.8) is 0 Å². The summed E-state index contributed by atoms with van der Waals surface area (Å²) in [6.45, 7) is 9.85. The molecule has 0 amide bonds. The van der Waals surface area contributed by atoms with Gasteiger partial charge in [0.15, 0.2) is 0 Å². The van der Waals surface area contributed by atoms with Gasteiger partial charge in [-0.05, 0) is 64.7 Å². The first-order valence-electron chi connectivity index (χ1n) is 9.44. The summed E-state index contributed by atoms with van der Waals surface area (Å²) in [6, 6.07) is 0.717. The highest BCUT2D eigenvalue weighted by atomic mass is 15.2. The van der Waals surface area contributed by atoms with Crippen molar-refractivity contribution in [3.05, 3.63) is 0 Å². The fourth-order valence-corrected chi connectivity index (χ4v) is 3.99. The van der Waals surface area contributed by atoms with Crippen LogP contribution in [0, 0.1) is 5.92 Å². The van der Waals surface area contributed by atoms with Crippen LogP contribution in [0.3, 0.4) is 0 Å². The smallest absolute Gasteiger partial charge is 0.0223 e. The van der Waals surface area contributed by atoms with Gasteiger partial charge in [0, 0.05) is 25.7 Å². The van der Waals surface area contributed by atoms with E-state index in [4.69, 9.17) is 0 Å². The van der Waals surface area contributed by atoms with Crippen molar-refractivity contribution in [1.29, 1.82) is 0 Å². The van der Waals surface area contributed by atoms with Crippen LogP contribution in [0.25, 0.3) is 0 Å². The van der Waals surface area contributed by atoms with Crippen LogP contribution in [0.2, 0.25) is 0 Å². The van der Waals surface area contributed by atoms with Gasteiger partial charge in [-0.1, -0.05) is 26.2 Å². The molecule has 2 aliphatic rings. The van der Waals surface area contributed by atoms with Crippen LogP contribution >= 0.6 is 0 Å². The number of nitrogens with one attached hydrogen (secondary N) is 1. The molecule has 3 nitrogen and oxygen atoms in total. The highest BCUT2D eigenvalue weighted by Crippen LogP contribution is 2.26. The minimum atomic E-state index is 0.717. The fraction of sp³-hybridized carbons (Fsp3) is 1.00. The molecule has 0 spiro atoms. The van der Waals surface area contributed by atoms with E-state index in [0.717, 1.165) is 5.92 Å².